The van der Waals surface area contributed by atoms with Crippen molar-refractivity contribution in [1.82, 2.24) is 0 Å². The van der Waals surface area contributed by atoms with Gasteiger partial charge in [-0.2, -0.15) is 0 Å². The van der Waals surface area contributed by atoms with Gasteiger partial charge in [-0.15, -0.1) is 0 Å². The quantitative estimate of drug-likeness (QED) is 0.860. The van der Waals surface area contributed by atoms with Crippen molar-refractivity contribution in [3.05, 3.63) is 70.3 Å². The van der Waals surface area contributed by atoms with Gasteiger partial charge in [0.15, 0.2) is 0 Å². The smallest absolute Gasteiger partial charge is 0.104 e. The molecule has 0 saturated carbocycles. The average Bonchev–Trinajstić information content (AvgIpc) is 2.40. The first-order valence-electron chi connectivity index (χ1n) is 7.31. The molecule has 0 fully saturated rings. The Morgan fingerprint density at radius 2 is 1.75 bits per heavy atom. The molecule has 0 aliphatic carbocycles. The van der Waals surface area contributed by atoms with Crippen molar-refractivity contribution >= 4 is 0 Å². The predicted molar refractivity (Wildman–Crippen MR) is 85.0 cm³/mol. The molecular formula is C19H24O. The van der Waals surface area contributed by atoms with Crippen LogP contribution in [0, 0.1) is 19.8 Å². The summed E-state index contributed by atoms with van der Waals surface area (Å²) in [5, 5.41) is 10.7. The van der Waals surface area contributed by atoms with E-state index in [0.29, 0.717) is 5.92 Å². The highest BCUT2D eigenvalue weighted by Crippen LogP contribution is 2.26. The number of benzene rings is 2. The molecule has 2 rings (SSSR count). The fourth-order valence-corrected chi connectivity index (χ4v) is 2.60. The Morgan fingerprint density at radius 1 is 1.00 bits per heavy atom. The minimum absolute atomic E-state index is 0.540. The summed E-state index contributed by atoms with van der Waals surface area (Å²) in [6, 6.07) is 14.6. The van der Waals surface area contributed by atoms with Crippen molar-refractivity contribution in [2.75, 3.05) is 0 Å². The van der Waals surface area contributed by atoms with Crippen molar-refractivity contribution in [1.29, 1.82) is 0 Å². The standard InChI is InChI=1S/C19H24O/c1-13(2)10-16-6-5-7-17(12-16)19(20)18-11-14(3)8-9-15(18)4/h5-9,11-13,19-20H,10H2,1-4H3. The van der Waals surface area contributed by atoms with E-state index in [1.165, 1.54) is 11.1 Å². The number of rotatable bonds is 4. The SMILES string of the molecule is Cc1ccc(C)c(C(O)c2cccc(CC(C)C)c2)c1. The van der Waals surface area contributed by atoms with Crippen LogP contribution in [0.15, 0.2) is 42.5 Å². The molecule has 20 heavy (non-hydrogen) atoms. The van der Waals surface area contributed by atoms with Crippen LogP contribution in [0.3, 0.4) is 0 Å². The highest BCUT2D eigenvalue weighted by atomic mass is 16.3. The molecule has 0 saturated heterocycles. The summed E-state index contributed by atoms with van der Waals surface area (Å²) in [7, 11) is 0. The minimum atomic E-state index is -0.540. The Balaban J connectivity index is 2.33. The third-order valence-corrected chi connectivity index (χ3v) is 3.64. The molecule has 2 aromatic carbocycles. The van der Waals surface area contributed by atoms with Gasteiger partial charge in [-0.25, -0.2) is 0 Å². The van der Waals surface area contributed by atoms with E-state index in [9.17, 15) is 5.11 Å². The molecule has 0 heterocycles. The number of aliphatic hydroxyl groups is 1. The van der Waals surface area contributed by atoms with Crippen molar-refractivity contribution in [2.45, 2.75) is 40.2 Å². The molecule has 0 aliphatic rings. The lowest BCUT2D eigenvalue weighted by molar-refractivity contribution is 0.219. The van der Waals surface area contributed by atoms with Crippen LogP contribution in [0.5, 0.6) is 0 Å². The van der Waals surface area contributed by atoms with E-state index < -0.39 is 6.10 Å². The largest absolute Gasteiger partial charge is 0.384 e. The molecule has 0 spiro atoms. The van der Waals surface area contributed by atoms with E-state index in [1.807, 2.05) is 12.1 Å². The van der Waals surface area contributed by atoms with E-state index in [2.05, 4.69) is 58.0 Å². The van der Waals surface area contributed by atoms with Gasteiger partial charge in [0.25, 0.3) is 0 Å². The molecular weight excluding hydrogens is 244 g/mol. The highest BCUT2D eigenvalue weighted by Gasteiger charge is 2.13. The van der Waals surface area contributed by atoms with Crippen molar-refractivity contribution in [3.63, 3.8) is 0 Å². The Bertz CT molecular complexity index is 584. The zero-order valence-corrected chi connectivity index (χ0v) is 12.9. The van der Waals surface area contributed by atoms with Crippen LogP contribution in [0.1, 0.15) is 47.8 Å². The second-order valence-corrected chi connectivity index (χ2v) is 6.11. The average molecular weight is 268 g/mol. The first-order valence-corrected chi connectivity index (χ1v) is 7.31. The first kappa shape index (κ1) is 14.8. The lowest BCUT2D eigenvalue weighted by Crippen LogP contribution is -2.04. The van der Waals surface area contributed by atoms with Crippen LogP contribution >= 0.6 is 0 Å². The Hall–Kier alpha value is -1.60. The van der Waals surface area contributed by atoms with Crippen molar-refractivity contribution in [3.8, 4) is 0 Å². The summed E-state index contributed by atoms with van der Waals surface area (Å²) in [4.78, 5) is 0. The summed E-state index contributed by atoms with van der Waals surface area (Å²) in [5.41, 5.74) is 5.60. The lowest BCUT2D eigenvalue weighted by Gasteiger charge is -2.16. The molecule has 0 amide bonds. The maximum Gasteiger partial charge on any atom is 0.104 e. The van der Waals surface area contributed by atoms with Gasteiger partial charge in [0.2, 0.25) is 0 Å². The molecule has 0 aliphatic heterocycles. The number of hydrogen-bond donors (Lipinski definition) is 1. The molecule has 2 aromatic rings. The molecule has 1 N–H and O–H groups in total. The summed E-state index contributed by atoms with van der Waals surface area (Å²) >= 11 is 0. The molecule has 1 nitrogen and oxygen atoms in total. The number of aryl methyl sites for hydroxylation is 2. The van der Waals surface area contributed by atoms with E-state index in [1.54, 1.807) is 0 Å². The molecule has 0 radical (unpaired) electrons. The summed E-state index contributed by atoms with van der Waals surface area (Å²) in [6.45, 7) is 8.54. The fraction of sp³-hybridized carbons (Fsp3) is 0.368. The zero-order chi connectivity index (χ0) is 14.7. The van der Waals surface area contributed by atoms with E-state index in [0.717, 1.165) is 23.1 Å². The van der Waals surface area contributed by atoms with Gasteiger partial charge in [-0.3, -0.25) is 0 Å². The minimum Gasteiger partial charge on any atom is -0.384 e. The van der Waals surface area contributed by atoms with Gasteiger partial charge < -0.3 is 5.11 Å². The van der Waals surface area contributed by atoms with Gasteiger partial charge in [0.05, 0.1) is 0 Å². The molecule has 106 valence electrons. The number of hydrogen-bond acceptors (Lipinski definition) is 1. The maximum absolute atomic E-state index is 10.7. The topological polar surface area (TPSA) is 20.2 Å². The van der Waals surface area contributed by atoms with Crippen molar-refractivity contribution < 1.29 is 5.11 Å². The molecule has 1 unspecified atom stereocenters. The van der Waals surface area contributed by atoms with Crippen LogP contribution in [-0.4, -0.2) is 5.11 Å². The Morgan fingerprint density at radius 3 is 2.45 bits per heavy atom. The van der Waals surface area contributed by atoms with Crippen LogP contribution < -0.4 is 0 Å². The Kier molecular flexibility index (Phi) is 4.61. The van der Waals surface area contributed by atoms with Crippen LogP contribution in [0.2, 0.25) is 0 Å². The fourth-order valence-electron chi connectivity index (χ4n) is 2.60. The molecule has 0 bridgehead atoms. The van der Waals surface area contributed by atoms with Gasteiger partial charge in [0, 0.05) is 0 Å². The second-order valence-electron chi connectivity index (χ2n) is 6.11. The molecule has 1 atom stereocenters. The number of aliphatic hydroxyl groups excluding tert-OH is 1. The summed E-state index contributed by atoms with van der Waals surface area (Å²) < 4.78 is 0. The zero-order valence-electron chi connectivity index (χ0n) is 12.9. The molecule has 1 heteroatoms. The van der Waals surface area contributed by atoms with E-state index in [4.69, 9.17) is 0 Å². The van der Waals surface area contributed by atoms with Crippen molar-refractivity contribution in [2.24, 2.45) is 5.92 Å². The van der Waals surface area contributed by atoms with Gasteiger partial charge >= 0.3 is 0 Å². The van der Waals surface area contributed by atoms with Gasteiger partial charge in [0.1, 0.15) is 6.10 Å². The van der Waals surface area contributed by atoms with Gasteiger partial charge in [-0.1, -0.05) is 61.9 Å². The maximum atomic E-state index is 10.7. The van der Waals surface area contributed by atoms with Crippen LogP contribution in [-0.2, 0) is 6.42 Å². The second kappa shape index (κ2) is 6.23. The third kappa shape index (κ3) is 3.49. The highest BCUT2D eigenvalue weighted by molar-refractivity contribution is 5.38. The molecule has 0 aromatic heterocycles. The monoisotopic (exact) mass is 268 g/mol. The summed E-state index contributed by atoms with van der Waals surface area (Å²) in [5.74, 6) is 0.628. The van der Waals surface area contributed by atoms with Crippen LogP contribution in [0.25, 0.3) is 0 Å². The van der Waals surface area contributed by atoms with E-state index >= 15 is 0 Å². The normalized spacial score (nSPS) is 12.7. The predicted octanol–water partition coefficient (Wildman–Crippen LogP) is 4.58. The first-order chi connectivity index (χ1) is 9.47. The van der Waals surface area contributed by atoms with Crippen LogP contribution in [0.4, 0.5) is 0 Å². The lowest BCUT2D eigenvalue weighted by atomic mass is 9.93. The van der Waals surface area contributed by atoms with E-state index in [-0.39, 0.29) is 0 Å². The Labute approximate surface area is 122 Å². The van der Waals surface area contributed by atoms with Gasteiger partial charge in [-0.05, 0) is 48.4 Å². The summed E-state index contributed by atoms with van der Waals surface area (Å²) in [6.07, 6.45) is 0.509. The third-order valence-electron chi connectivity index (χ3n) is 3.64.